The summed E-state index contributed by atoms with van der Waals surface area (Å²) in [6.45, 7) is 0.518. The van der Waals surface area contributed by atoms with Gasteiger partial charge in [0, 0.05) is 11.9 Å². The molecule has 0 radical (unpaired) electrons. The van der Waals surface area contributed by atoms with Crippen LogP contribution < -0.4 is 10.6 Å². The maximum absolute atomic E-state index is 12.6. The summed E-state index contributed by atoms with van der Waals surface area (Å²) in [5, 5.41) is 4.64. The van der Waals surface area contributed by atoms with E-state index in [0.717, 1.165) is 23.1 Å². The van der Waals surface area contributed by atoms with Gasteiger partial charge >= 0.3 is 6.18 Å². The van der Waals surface area contributed by atoms with E-state index in [9.17, 15) is 18.0 Å². The second kappa shape index (κ2) is 5.23. The number of hydrogen-bond donors (Lipinski definition) is 1. The molecule has 2 N–H and O–H groups in total. The predicted octanol–water partition coefficient (Wildman–Crippen LogP) is 1.99. The Hall–Kier alpha value is -2.17. The van der Waals surface area contributed by atoms with Gasteiger partial charge in [0.1, 0.15) is 6.04 Å². The van der Waals surface area contributed by atoms with Crippen LogP contribution in [0.3, 0.4) is 0 Å². The minimum Gasteiger partial charge on any atom is -0.363 e. The van der Waals surface area contributed by atoms with Crippen LogP contribution in [0.1, 0.15) is 41.1 Å². The number of nitrogens with zero attached hydrogens (tertiary/aromatic N) is 4. The second-order valence-corrected chi connectivity index (χ2v) is 5.52. The van der Waals surface area contributed by atoms with Crippen molar-refractivity contribution in [1.82, 2.24) is 15.1 Å². The number of carbonyl (C=O) groups is 1. The zero-order valence-electron chi connectivity index (χ0n) is 11.0. The molecule has 3 heterocycles. The summed E-state index contributed by atoms with van der Waals surface area (Å²) in [4.78, 5) is 20.2. The highest BCUT2D eigenvalue weighted by Gasteiger charge is 2.37. The van der Waals surface area contributed by atoms with E-state index in [1.54, 1.807) is 4.90 Å². The number of anilines is 1. The van der Waals surface area contributed by atoms with Gasteiger partial charge < -0.3 is 15.2 Å². The SMILES string of the molecule is NC(=O)c1noc(C2CCCN2c2nc(C(F)(F)F)cs2)n1. The van der Waals surface area contributed by atoms with Crippen molar-refractivity contribution in [1.29, 1.82) is 0 Å². The molecule has 1 unspecified atom stereocenters. The van der Waals surface area contributed by atoms with Crippen molar-refractivity contribution in [2.45, 2.75) is 25.1 Å². The maximum Gasteiger partial charge on any atom is 0.434 e. The predicted molar refractivity (Wildman–Crippen MR) is 69.3 cm³/mol. The molecular weight excluding hydrogens is 323 g/mol. The van der Waals surface area contributed by atoms with Crippen LogP contribution in [-0.2, 0) is 6.18 Å². The third kappa shape index (κ3) is 2.63. The molecule has 1 aliphatic heterocycles. The van der Waals surface area contributed by atoms with Crippen LogP contribution in [0.25, 0.3) is 0 Å². The lowest BCUT2D eigenvalue weighted by molar-refractivity contribution is -0.140. The van der Waals surface area contributed by atoms with E-state index in [1.807, 2.05) is 0 Å². The molecule has 1 saturated heterocycles. The van der Waals surface area contributed by atoms with Crippen molar-refractivity contribution in [3.8, 4) is 0 Å². The van der Waals surface area contributed by atoms with Gasteiger partial charge in [-0.1, -0.05) is 5.16 Å². The highest BCUT2D eigenvalue weighted by molar-refractivity contribution is 7.13. The van der Waals surface area contributed by atoms with Crippen LogP contribution in [0.2, 0.25) is 0 Å². The van der Waals surface area contributed by atoms with E-state index in [1.165, 1.54) is 0 Å². The Labute approximate surface area is 125 Å². The van der Waals surface area contributed by atoms with Gasteiger partial charge in [-0.15, -0.1) is 11.3 Å². The standard InChI is InChI=1S/C11H10F3N5O2S/c12-11(13,14)6-4-22-10(16-6)19-3-1-2-5(19)9-17-8(7(15)20)18-21-9/h4-5H,1-3H2,(H2,15,20). The minimum absolute atomic E-state index is 0.148. The molecule has 0 aliphatic carbocycles. The molecule has 0 saturated carbocycles. The maximum atomic E-state index is 12.6. The molecule has 0 spiro atoms. The summed E-state index contributed by atoms with van der Waals surface area (Å²) < 4.78 is 42.9. The molecule has 7 nitrogen and oxygen atoms in total. The van der Waals surface area contributed by atoms with Gasteiger partial charge in [-0.3, -0.25) is 4.79 Å². The number of thiazole rings is 1. The van der Waals surface area contributed by atoms with E-state index in [2.05, 4.69) is 15.1 Å². The molecular formula is C11H10F3N5O2S. The summed E-state index contributed by atoms with van der Waals surface area (Å²) in [5.41, 5.74) is 4.12. The number of primary amides is 1. The van der Waals surface area contributed by atoms with E-state index in [0.29, 0.717) is 13.0 Å². The second-order valence-electron chi connectivity index (χ2n) is 4.68. The van der Waals surface area contributed by atoms with E-state index in [4.69, 9.17) is 10.3 Å². The van der Waals surface area contributed by atoms with Gasteiger partial charge in [0.05, 0.1) is 0 Å². The Bertz CT molecular complexity index is 698. The summed E-state index contributed by atoms with van der Waals surface area (Å²) >= 11 is 0.899. The van der Waals surface area contributed by atoms with Gasteiger partial charge in [0.2, 0.25) is 5.89 Å². The quantitative estimate of drug-likeness (QED) is 0.922. The Morgan fingerprint density at radius 3 is 2.82 bits per heavy atom. The Morgan fingerprint density at radius 2 is 2.23 bits per heavy atom. The Kier molecular flexibility index (Phi) is 3.51. The fourth-order valence-corrected chi connectivity index (χ4v) is 3.16. The average molecular weight is 333 g/mol. The minimum atomic E-state index is -4.48. The van der Waals surface area contributed by atoms with Gasteiger partial charge in [-0.25, -0.2) is 4.98 Å². The smallest absolute Gasteiger partial charge is 0.363 e. The van der Waals surface area contributed by atoms with E-state index >= 15 is 0 Å². The van der Waals surface area contributed by atoms with E-state index in [-0.39, 0.29) is 16.8 Å². The largest absolute Gasteiger partial charge is 0.434 e. The molecule has 0 bridgehead atoms. The Morgan fingerprint density at radius 1 is 1.45 bits per heavy atom. The number of alkyl halides is 3. The lowest BCUT2D eigenvalue weighted by Crippen LogP contribution is -2.23. The monoisotopic (exact) mass is 333 g/mol. The first-order valence-electron chi connectivity index (χ1n) is 6.29. The van der Waals surface area contributed by atoms with Gasteiger partial charge in [-0.05, 0) is 12.8 Å². The molecule has 0 aromatic carbocycles. The molecule has 1 aliphatic rings. The van der Waals surface area contributed by atoms with Crippen LogP contribution >= 0.6 is 11.3 Å². The number of amides is 1. The lowest BCUT2D eigenvalue weighted by atomic mass is 10.2. The highest BCUT2D eigenvalue weighted by Crippen LogP contribution is 2.39. The van der Waals surface area contributed by atoms with E-state index < -0.39 is 23.8 Å². The molecule has 2 aromatic heterocycles. The summed E-state index contributed by atoms with van der Waals surface area (Å²) in [7, 11) is 0. The zero-order valence-corrected chi connectivity index (χ0v) is 11.8. The first-order valence-corrected chi connectivity index (χ1v) is 7.17. The lowest BCUT2D eigenvalue weighted by Gasteiger charge is -2.20. The van der Waals surface area contributed by atoms with Crippen LogP contribution in [0.5, 0.6) is 0 Å². The number of nitrogens with two attached hydrogens (primary N) is 1. The van der Waals surface area contributed by atoms with Gasteiger partial charge in [0.15, 0.2) is 10.8 Å². The van der Waals surface area contributed by atoms with Crippen LogP contribution in [0, 0.1) is 0 Å². The van der Waals surface area contributed by atoms with Gasteiger partial charge in [-0.2, -0.15) is 18.2 Å². The van der Waals surface area contributed by atoms with Crippen LogP contribution in [-0.4, -0.2) is 27.6 Å². The fraction of sp³-hybridized carbons (Fsp3) is 0.455. The molecule has 11 heteroatoms. The third-order valence-electron chi connectivity index (χ3n) is 3.23. The van der Waals surface area contributed by atoms with Crippen molar-refractivity contribution in [2.75, 3.05) is 11.4 Å². The highest BCUT2D eigenvalue weighted by atomic mass is 32.1. The number of hydrogen-bond acceptors (Lipinski definition) is 7. The molecule has 22 heavy (non-hydrogen) atoms. The molecule has 1 atom stereocenters. The zero-order chi connectivity index (χ0) is 15.9. The van der Waals surface area contributed by atoms with Crippen LogP contribution in [0.15, 0.2) is 9.90 Å². The molecule has 3 rings (SSSR count). The number of rotatable bonds is 3. The van der Waals surface area contributed by atoms with Crippen LogP contribution in [0.4, 0.5) is 18.3 Å². The normalized spacial score (nSPS) is 18.9. The topological polar surface area (TPSA) is 98.1 Å². The summed E-state index contributed by atoms with van der Waals surface area (Å²) in [6, 6.07) is -0.409. The molecule has 1 fully saturated rings. The first kappa shape index (κ1) is 14.8. The van der Waals surface area contributed by atoms with Crippen molar-refractivity contribution >= 4 is 22.4 Å². The van der Waals surface area contributed by atoms with Gasteiger partial charge in [0.25, 0.3) is 11.7 Å². The molecule has 118 valence electrons. The number of halogens is 3. The van der Waals surface area contributed by atoms with Crippen molar-refractivity contribution in [3.63, 3.8) is 0 Å². The Balaban J connectivity index is 1.86. The summed E-state index contributed by atoms with van der Waals surface area (Å²) in [5.74, 6) is -0.930. The number of carbonyl (C=O) groups excluding carboxylic acids is 1. The summed E-state index contributed by atoms with van der Waals surface area (Å²) in [6.07, 6.45) is -3.13. The molecule has 1 amide bonds. The van der Waals surface area contributed by atoms with Crippen molar-refractivity contribution < 1.29 is 22.5 Å². The molecule has 2 aromatic rings. The fourth-order valence-electron chi connectivity index (χ4n) is 2.25. The first-order chi connectivity index (χ1) is 10.4. The average Bonchev–Trinajstić information content (AvgIpc) is 3.17. The number of aromatic nitrogens is 3. The van der Waals surface area contributed by atoms with Crippen molar-refractivity contribution in [3.05, 3.63) is 22.8 Å². The third-order valence-corrected chi connectivity index (χ3v) is 4.11. The van der Waals surface area contributed by atoms with Crippen molar-refractivity contribution in [2.24, 2.45) is 5.73 Å².